The van der Waals surface area contributed by atoms with Crippen molar-refractivity contribution in [1.29, 1.82) is 0 Å². The van der Waals surface area contributed by atoms with Crippen LogP contribution >= 0.6 is 0 Å². The Morgan fingerprint density at radius 1 is 1.38 bits per heavy atom. The van der Waals surface area contributed by atoms with Gasteiger partial charge >= 0.3 is 5.97 Å². The average molecular weight is 289 g/mol. The summed E-state index contributed by atoms with van der Waals surface area (Å²) in [5, 5.41) is 13.2. The van der Waals surface area contributed by atoms with Crippen molar-refractivity contribution in [2.45, 2.75) is 13.1 Å². The molecule has 1 heterocycles. The van der Waals surface area contributed by atoms with E-state index in [4.69, 9.17) is 4.74 Å². The van der Waals surface area contributed by atoms with Gasteiger partial charge in [-0.05, 0) is 13.1 Å². The Labute approximate surface area is 123 Å². The first-order valence-electron chi connectivity index (χ1n) is 6.57. The number of hydrogen-bond acceptors (Lipinski definition) is 4. The van der Waals surface area contributed by atoms with Crippen LogP contribution in [0.3, 0.4) is 0 Å². The molecule has 0 amide bonds. The van der Waals surface area contributed by atoms with E-state index in [1.807, 2.05) is 36.2 Å². The summed E-state index contributed by atoms with van der Waals surface area (Å²) in [5.74, 6) is -0.128. The van der Waals surface area contributed by atoms with Crippen LogP contribution < -0.4 is 4.74 Å². The fourth-order valence-corrected chi connectivity index (χ4v) is 2.26. The predicted octanol–water partition coefficient (Wildman–Crippen LogP) is 1.76. The molecule has 0 fully saturated rings. The number of ether oxygens (including phenoxy) is 1. The Balaban J connectivity index is 2.14. The van der Waals surface area contributed by atoms with Crippen molar-refractivity contribution < 1.29 is 14.6 Å². The molecule has 1 aromatic carbocycles. The van der Waals surface area contributed by atoms with E-state index in [0.29, 0.717) is 18.8 Å². The molecule has 0 saturated heterocycles. The fraction of sp³-hybridized carbons (Fsp3) is 0.333. The zero-order chi connectivity index (χ0) is 15.4. The summed E-state index contributed by atoms with van der Waals surface area (Å²) in [5.41, 5.74) is 1.98. The Hall–Kier alpha value is -2.34. The molecule has 0 atom stereocenters. The van der Waals surface area contributed by atoms with Gasteiger partial charge in [0.1, 0.15) is 11.3 Å². The lowest BCUT2D eigenvalue weighted by Gasteiger charge is -2.19. The summed E-state index contributed by atoms with van der Waals surface area (Å²) in [7, 11) is 5.33. The van der Waals surface area contributed by atoms with Gasteiger partial charge < -0.3 is 9.84 Å². The van der Waals surface area contributed by atoms with Gasteiger partial charge in [0.05, 0.1) is 19.0 Å². The highest BCUT2D eigenvalue weighted by Crippen LogP contribution is 2.20. The van der Waals surface area contributed by atoms with Crippen LogP contribution in [0, 0.1) is 0 Å². The number of rotatable bonds is 6. The van der Waals surface area contributed by atoms with E-state index in [2.05, 4.69) is 5.10 Å². The van der Waals surface area contributed by atoms with E-state index in [9.17, 15) is 9.90 Å². The third-order valence-electron chi connectivity index (χ3n) is 3.34. The number of carboxylic acid groups (broad SMARTS) is 1. The van der Waals surface area contributed by atoms with E-state index in [-0.39, 0.29) is 5.56 Å². The molecule has 0 aliphatic rings. The molecule has 6 nitrogen and oxygen atoms in total. The molecule has 0 aliphatic heterocycles. The zero-order valence-electron chi connectivity index (χ0n) is 12.4. The average Bonchev–Trinajstić information content (AvgIpc) is 2.81. The smallest absolute Gasteiger partial charge is 0.339 e. The summed E-state index contributed by atoms with van der Waals surface area (Å²) >= 11 is 0. The lowest BCUT2D eigenvalue weighted by molar-refractivity contribution is 0.0694. The molecule has 6 heteroatoms. The molecular formula is C15H19N3O3. The van der Waals surface area contributed by atoms with Crippen LogP contribution in [0.4, 0.5) is 0 Å². The molecule has 1 N–H and O–H groups in total. The molecule has 112 valence electrons. The quantitative estimate of drug-likeness (QED) is 0.877. The minimum Gasteiger partial charge on any atom is -0.496 e. The number of hydrogen-bond donors (Lipinski definition) is 1. The van der Waals surface area contributed by atoms with E-state index in [1.54, 1.807) is 18.8 Å². The third kappa shape index (κ3) is 3.41. The molecule has 0 spiro atoms. The number of aryl methyl sites for hydroxylation is 1. The largest absolute Gasteiger partial charge is 0.496 e. The van der Waals surface area contributed by atoms with Crippen LogP contribution in [0.15, 0.2) is 30.5 Å². The van der Waals surface area contributed by atoms with Crippen molar-refractivity contribution in [3.63, 3.8) is 0 Å². The molecule has 2 rings (SSSR count). The minimum absolute atomic E-state index is 0.240. The lowest BCUT2D eigenvalue weighted by atomic mass is 10.1. The molecule has 0 aliphatic carbocycles. The monoisotopic (exact) mass is 289 g/mol. The van der Waals surface area contributed by atoms with Gasteiger partial charge in [-0.25, -0.2) is 4.79 Å². The number of carboxylic acids is 1. The predicted molar refractivity (Wildman–Crippen MR) is 78.3 cm³/mol. The maximum absolute atomic E-state index is 11.2. The zero-order valence-corrected chi connectivity index (χ0v) is 12.4. The number of aromatic carboxylic acids is 1. The Bertz CT molecular complexity index is 637. The summed E-state index contributed by atoms with van der Waals surface area (Å²) in [6, 6.07) is 7.79. The highest BCUT2D eigenvalue weighted by molar-refractivity contribution is 5.88. The number of para-hydroxylation sites is 1. The van der Waals surface area contributed by atoms with Gasteiger partial charge in [0.2, 0.25) is 0 Å². The normalized spacial score (nSPS) is 10.9. The van der Waals surface area contributed by atoms with Crippen molar-refractivity contribution in [1.82, 2.24) is 14.7 Å². The Morgan fingerprint density at radius 2 is 2.10 bits per heavy atom. The highest BCUT2D eigenvalue weighted by Gasteiger charge is 2.17. The van der Waals surface area contributed by atoms with Crippen molar-refractivity contribution in [3.8, 4) is 5.75 Å². The van der Waals surface area contributed by atoms with Gasteiger partial charge in [-0.1, -0.05) is 18.2 Å². The fourth-order valence-electron chi connectivity index (χ4n) is 2.26. The number of nitrogens with zero attached hydrogens (tertiary/aromatic N) is 3. The molecule has 0 radical (unpaired) electrons. The van der Waals surface area contributed by atoms with Gasteiger partial charge in [0, 0.05) is 25.7 Å². The van der Waals surface area contributed by atoms with Crippen LogP contribution in [0.25, 0.3) is 0 Å². The minimum atomic E-state index is -0.955. The van der Waals surface area contributed by atoms with Crippen molar-refractivity contribution >= 4 is 5.97 Å². The number of carbonyl (C=O) groups is 1. The first-order valence-corrected chi connectivity index (χ1v) is 6.57. The van der Waals surface area contributed by atoms with Crippen LogP contribution in [-0.4, -0.2) is 39.9 Å². The van der Waals surface area contributed by atoms with Gasteiger partial charge in [-0.2, -0.15) is 5.10 Å². The van der Waals surface area contributed by atoms with E-state index in [1.165, 1.54) is 6.20 Å². The first kappa shape index (κ1) is 15.1. The molecule has 2 aromatic rings. The second kappa shape index (κ2) is 6.41. The SMILES string of the molecule is COc1ccccc1CN(C)Cc1c(C(=O)O)cnn1C. The van der Waals surface area contributed by atoms with Gasteiger partial charge in [0.15, 0.2) is 0 Å². The van der Waals surface area contributed by atoms with Gasteiger partial charge in [0.25, 0.3) is 0 Å². The standard InChI is InChI=1S/C15H19N3O3/c1-17(9-11-6-4-5-7-14(11)21-3)10-13-12(15(19)20)8-16-18(13)2/h4-8H,9-10H2,1-3H3,(H,19,20). The van der Waals surface area contributed by atoms with E-state index >= 15 is 0 Å². The summed E-state index contributed by atoms with van der Waals surface area (Å²) in [6.45, 7) is 1.16. The first-order chi connectivity index (χ1) is 10.0. The van der Waals surface area contributed by atoms with Crippen LogP contribution in [0.2, 0.25) is 0 Å². The van der Waals surface area contributed by atoms with E-state index < -0.39 is 5.97 Å². The topological polar surface area (TPSA) is 67.6 Å². The highest BCUT2D eigenvalue weighted by atomic mass is 16.5. The molecule has 1 aromatic heterocycles. The summed E-state index contributed by atoms with van der Waals surface area (Å²) in [6.07, 6.45) is 1.38. The van der Waals surface area contributed by atoms with Crippen molar-refractivity contribution in [2.75, 3.05) is 14.2 Å². The molecule has 0 bridgehead atoms. The van der Waals surface area contributed by atoms with Crippen molar-refractivity contribution in [3.05, 3.63) is 47.3 Å². The Morgan fingerprint density at radius 3 is 2.76 bits per heavy atom. The second-order valence-electron chi connectivity index (χ2n) is 4.92. The number of aromatic nitrogens is 2. The van der Waals surface area contributed by atoms with Gasteiger partial charge in [-0.15, -0.1) is 0 Å². The second-order valence-corrected chi connectivity index (χ2v) is 4.92. The van der Waals surface area contributed by atoms with Gasteiger partial charge in [-0.3, -0.25) is 9.58 Å². The van der Waals surface area contributed by atoms with Crippen LogP contribution in [0.5, 0.6) is 5.75 Å². The van der Waals surface area contributed by atoms with Crippen LogP contribution in [-0.2, 0) is 20.1 Å². The summed E-state index contributed by atoms with van der Waals surface area (Å²) in [4.78, 5) is 13.2. The maximum atomic E-state index is 11.2. The molecule has 0 unspecified atom stereocenters. The molecule has 0 saturated carbocycles. The van der Waals surface area contributed by atoms with E-state index in [0.717, 1.165) is 11.3 Å². The lowest BCUT2D eigenvalue weighted by Crippen LogP contribution is -2.21. The number of methoxy groups -OCH3 is 1. The van der Waals surface area contributed by atoms with Crippen LogP contribution in [0.1, 0.15) is 21.6 Å². The summed E-state index contributed by atoms with van der Waals surface area (Å²) < 4.78 is 6.93. The number of benzene rings is 1. The van der Waals surface area contributed by atoms with Crippen molar-refractivity contribution in [2.24, 2.45) is 7.05 Å². The molecule has 21 heavy (non-hydrogen) atoms. The third-order valence-corrected chi connectivity index (χ3v) is 3.34. The maximum Gasteiger partial charge on any atom is 0.339 e. The Kier molecular flexibility index (Phi) is 4.59. The molecular weight excluding hydrogens is 270 g/mol.